The molecular formula is C20H23N7O. The number of hydrogen-bond donors (Lipinski definition) is 4. The molecule has 4 rings (SSSR count). The Bertz CT molecular complexity index is 1170. The van der Waals surface area contributed by atoms with Gasteiger partial charge < -0.3 is 25.9 Å². The van der Waals surface area contributed by atoms with Crippen molar-refractivity contribution in [2.24, 2.45) is 12.8 Å². The number of nitrogens with zero attached hydrogens (tertiary/aromatic N) is 3. The van der Waals surface area contributed by atoms with Crippen LogP contribution in [-0.4, -0.2) is 38.5 Å². The maximum atomic E-state index is 11.7. The first-order valence-corrected chi connectivity index (χ1v) is 9.12. The fraction of sp³-hybridized carbons (Fsp3) is 0.250. The molecule has 0 aliphatic rings. The van der Waals surface area contributed by atoms with Crippen molar-refractivity contribution < 1.29 is 4.79 Å². The van der Waals surface area contributed by atoms with Gasteiger partial charge in [0, 0.05) is 31.7 Å². The number of nitrogens with one attached hydrogen (secondary N) is 3. The van der Waals surface area contributed by atoms with Gasteiger partial charge >= 0.3 is 0 Å². The summed E-state index contributed by atoms with van der Waals surface area (Å²) in [6.07, 6.45) is 1.79. The Kier molecular flexibility index (Phi) is 4.48. The Morgan fingerprint density at radius 1 is 1.36 bits per heavy atom. The van der Waals surface area contributed by atoms with Crippen LogP contribution in [0, 0.1) is 0 Å². The van der Waals surface area contributed by atoms with E-state index in [4.69, 9.17) is 5.73 Å². The van der Waals surface area contributed by atoms with Gasteiger partial charge in [-0.3, -0.25) is 4.79 Å². The summed E-state index contributed by atoms with van der Waals surface area (Å²) >= 11 is 0. The smallest absolute Gasteiger partial charge is 0.236 e. The molecule has 3 aromatic heterocycles. The molecular weight excluding hydrogens is 354 g/mol. The highest BCUT2D eigenvalue weighted by Gasteiger charge is 2.15. The Labute approximate surface area is 162 Å². The van der Waals surface area contributed by atoms with Crippen LogP contribution < -0.4 is 16.4 Å². The van der Waals surface area contributed by atoms with E-state index in [2.05, 4.69) is 31.7 Å². The predicted molar refractivity (Wildman–Crippen MR) is 111 cm³/mol. The summed E-state index contributed by atoms with van der Waals surface area (Å²) in [5, 5.41) is 6.97. The van der Waals surface area contributed by atoms with E-state index in [9.17, 15) is 4.79 Å². The van der Waals surface area contributed by atoms with Crippen molar-refractivity contribution in [3.63, 3.8) is 0 Å². The average Bonchev–Trinajstić information content (AvgIpc) is 3.29. The van der Waals surface area contributed by atoms with Gasteiger partial charge in [-0.2, -0.15) is 0 Å². The molecule has 0 aliphatic heterocycles. The van der Waals surface area contributed by atoms with Crippen LogP contribution in [0.2, 0.25) is 0 Å². The van der Waals surface area contributed by atoms with Gasteiger partial charge in [0.2, 0.25) is 5.91 Å². The fourth-order valence-corrected chi connectivity index (χ4v) is 3.33. The molecule has 0 saturated carbocycles. The highest BCUT2D eigenvalue weighted by Crippen LogP contribution is 2.31. The van der Waals surface area contributed by atoms with Gasteiger partial charge in [-0.1, -0.05) is 18.2 Å². The number of aryl methyl sites for hydroxylation is 1. The van der Waals surface area contributed by atoms with Crippen molar-refractivity contribution in [1.29, 1.82) is 0 Å². The zero-order chi connectivity index (χ0) is 19.8. The van der Waals surface area contributed by atoms with E-state index < -0.39 is 6.04 Å². The van der Waals surface area contributed by atoms with E-state index in [1.54, 1.807) is 13.3 Å². The van der Waals surface area contributed by atoms with Gasteiger partial charge in [-0.05, 0) is 30.2 Å². The lowest BCUT2D eigenvalue weighted by Crippen LogP contribution is -2.37. The molecule has 3 heterocycles. The molecule has 0 unspecified atom stereocenters. The predicted octanol–water partition coefficient (Wildman–Crippen LogP) is 2.12. The molecule has 8 heteroatoms. The van der Waals surface area contributed by atoms with Crippen LogP contribution in [0.15, 0.2) is 36.7 Å². The first kappa shape index (κ1) is 18.0. The number of imidazole rings is 1. The summed E-state index contributed by atoms with van der Waals surface area (Å²) in [6, 6.07) is 9.59. The van der Waals surface area contributed by atoms with Gasteiger partial charge in [-0.25, -0.2) is 9.97 Å². The molecule has 0 fully saturated rings. The molecule has 0 saturated heterocycles. The number of aromatic nitrogens is 4. The van der Waals surface area contributed by atoms with E-state index in [-0.39, 0.29) is 5.91 Å². The third-order valence-corrected chi connectivity index (χ3v) is 4.79. The Hall–Kier alpha value is -3.39. The zero-order valence-electron chi connectivity index (χ0n) is 16.1. The summed E-state index contributed by atoms with van der Waals surface area (Å²) in [5.41, 5.74) is 11.2. The molecule has 1 atom stereocenters. The number of amides is 1. The van der Waals surface area contributed by atoms with E-state index in [0.717, 1.165) is 44.7 Å². The van der Waals surface area contributed by atoms with Crippen LogP contribution in [0.25, 0.3) is 33.3 Å². The monoisotopic (exact) mass is 377 g/mol. The van der Waals surface area contributed by atoms with E-state index >= 15 is 0 Å². The lowest BCUT2D eigenvalue weighted by atomic mass is 10.1. The number of carbonyl (C=O) groups excluding carboxylic acids is 1. The molecule has 5 N–H and O–H groups in total. The molecule has 1 amide bonds. The second-order valence-corrected chi connectivity index (χ2v) is 6.92. The third kappa shape index (κ3) is 3.07. The van der Waals surface area contributed by atoms with Crippen LogP contribution in [0.5, 0.6) is 0 Å². The summed E-state index contributed by atoms with van der Waals surface area (Å²) in [5.74, 6) is 0.572. The number of H-pyrrole nitrogens is 1. The minimum absolute atomic E-state index is 0.168. The van der Waals surface area contributed by atoms with Crippen LogP contribution in [0.1, 0.15) is 12.5 Å². The van der Waals surface area contributed by atoms with Crippen molar-refractivity contribution in [1.82, 2.24) is 24.8 Å². The lowest BCUT2D eigenvalue weighted by Gasteiger charge is -2.08. The number of carbonyl (C=O) groups is 1. The van der Waals surface area contributed by atoms with Gasteiger partial charge in [-0.15, -0.1) is 0 Å². The van der Waals surface area contributed by atoms with Crippen molar-refractivity contribution in [2.45, 2.75) is 19.5 Å². The lowest BCUT2D eigenvalue weighted by molar-refractivity contribution is -0.122. The number of rotatable bonds is 5. The second kappa shape index (κ2) is 6.97. The molecule has 8 nitrogen and oxygen atoms in total. The maximum absolute atomic E-state index is 11.7. The molecule has 0 radical (unpaired) electrons. The number of pyridine rings is 1. The maximum Gasteiger partial charge on any atom is 0.236 e. The summed E-state index contributed by atoms with van der Waals surface area (Å²) in [6.45, 7) is 2.10. The Morgan fingerprint density at radius 3 is 2.93 bits per heavy atom. The molecule has 0 aliphatic carbocycles. The normalized spacial score (nSPS) is 12.4. The van der Waals surface area contributed by atoms with Crippen molar-refractivity contribution in [3.05, 3.63) is 42.2 Å². The zero-order valence-corrected chi connectivity index (χ0v) is 16.1. The van der Waals surface area contributed by atoms with Crippen LogP contribution in [0.4, 0.5) is 5.82 Å². The first-order valence-electron chi connectivity index (χ1n) is 9.12. The van der Waals surface area contributed by atoms with Gasteiger partial charge in [0.15, 0.2) is 5.82 Å². The minimum atomic E-state index is -0.523. The van der Waals surface area contributed by atoms with E-state index in [1.165, 1.54) is 0 Å². The third-order valence-electron chi connectivity index (χ3n) is 4.79. The molecule has 0 bridgehead atoms. The molecule has 0 spiro atoms. The topological polar surface area (TPSA) is 114 Å². The molecule has 144 valence electrons. The highest BCUT2D eigenvalue weighted by molar-refractivity contribution is 6.07. The number of fused-ring (bicyclic) bond motifs is 3. The van der Waals surface area contributed by atoms with Crippen LogP contribution in [-0.2, 0) is 18.4 Å². The number of nitrogens with two attached hydrogens (primary N) is 1. The van der Waals surface area contributed by atoms with E-state index in [0.29, 0.717) is 6.54 Å². The van der Waals surface area contributed by atoms with Gasteiger partial charge in [0.25, 0.3) is 0 Å². The summed E-state index contributed by atoms with van der Waals surface area (Å²) in [7, 11) is 3.81. The fourth-order valence-electron chi connectivity index (χ4n) is 3.33. The Balaban J connectivity index is 1.74. The van der Waals surface area contributed by atoms with E-state index in [1.807, 2.05) is 42.9 Å². The standard InChI is InChI=1S/C20H23N7O/c1-11(21)20(28)23-9-12-5-4-6-13(7-12)15-8-14-17-16(24-10-27(17)3)19(22-2)26-18(14)25-15/h4-8,10-11H,9,21H2,1-3H3,(H,23,28)(H2,22,25,26)/t11-/m0/s1. The molecule has 1 aromatic carbocycles. The number of anilines is 1. The number of aromatic amines is 1. The summed E-state index contributed by atoms with van der Waals surface area (Å²) < 4.78 is 2.00. The number of benzene rings is 1. The molecule has 4 aromatic rings. The van der Waals surface area contributed by atoms with Gasteiger partial charge in [0.1, 0.15) is 11.2 Å². The van der Waals surface area contributed by atoms with Crippen LogP contribution >= 0.6 is 0 Å². The SMILES string of the molecule is CNc1nc2[nH]c(-c3cccc(CNC(=O)[C@H](C)N)c3)cc2c2c1ncn2C. The summed E-state index contributed by atoms with van der Waals surface area (Å²) in [4.78, 5) is 24.3. The molecule has 28 heavy (non-hydrogen) atoms. The minimum Gasteiger partial charge on any atom is -0.371 e. The first-order chi connectivity index (χ1) is 13.5. The average molecular weight is 377 g/mol. The van der Waals surface area contributed by atoms with Gasteiger partial charge in [0.05, 0.1) is 17.9 Å². The largest absolute Gasteiger partial charge is 0.371 e. The Morgan fingerprint density at radius 2 is 2.18 bits per heavy atom. The second-order valence-electron chi connectivity index (χ2n) is 6.92. The quantitative estimate of drug-likeness (QED) is 0.425. The highest BCUT2D eigenvalue weighted by atomic mass is 16.2. The van der Waals surface area contributed by atoms with Crippen molar-refractivity contribution in [3.8, 4) is 11.3 Å². The number of hydrogen-bond acceptors (Lipinski definition) is 5. The van der Waals surface area contributed by atoms with Crippen molar-refractivity contribution in [2.75, 3.05) is 12.4 Å². The van der Waals surface area contributed by atoms with Crippen LogP contribution in [0.3, 0.4) is 0 Å². The van der Waals surface area contributed by atoms with Crippen molar-refractivity contribution >= 4 is 33.8 Å².